The summed E-state index contributed by atoms with van der Waals surface area (Å²) < 4.78 is 46.4. The van der Waals surface area contributed by atoms with Gasteiger partial charge in [-0.05, 0) is 36.8 Å². The summed E-state index contributed by atoms with van der Waals surface area (Å²) in [5.41, 5.74) is 1.22. The zero-order valence-electron chi connectivity index (χ0n) is 14.0. The summed E-state index contributed by atoms with van der Waals surface area (Å²) in [7, 11) is 0. The summed E-state index contributed by atoms with van der Waals surface area (Å²) in [5.74, 6) is 0.273. The van der Waals surface area contributed by atoms with Crippen molar-refractivity contribution in [3.05, 3.63) is 70.1 Å². The van der Waals surface area contributed by atoms with Crippen molar-refractivity contribution in [3.8, 4) is 5.82 Å². The second-order valence-corrected chi connectivity index (χ2v) is 6.38. The SMILES string of the molecule is Cc1cc(Cl)cc2c1N=C(c1cc(C(F)(F)F)nn1-c1ccccn1)OC2. The third-order valence-corrected chi connectivity index (χ3v) is 4.23. The van der Waals surface area contributed by atoms with Crippen molar-refractivity contribution in [1.82, 2.24) is 14.8 Å². The molecule has 0 fully saturated rings. The zero-order chi connectivity index (χ0) is 19.2. The molecule has 1 aromatic carbocycles. The maximum absolute atomic E-state index is 13.2. The highest BCUT2D eigenvalue weighted by atomic mass is 35.5. The van der Waals surface area contributed by atoms with Crippen LogP contribution in [-0.4, -0.2) is 20.7 Å². The lowest BCUT2D eigenvalue weighted by atomic mass is 10.1. The third-order valence-electron chi connectivity index (χ3n) is 4.01. The summed E-state index contributed by atoms with van der Waals surface area (Å²) in [4.78, 5) is 8.50. The van der Waals surface area contributed by atoms with Crippen LogP contribution in [0.2, 0.25) is 5.02 Å². The van der Waals surface area contributed by atoms with Gasteiger partial charge in [0.1, 0.15) is 12.3 Å². The molecule has 0 spiro atoms. The minimum atomic E-state index is -4.61. The molecule has 0 aliphatic carbocycles. The number of fused-ring (bicyclic) bond motifs is 1. The number of benzene rings is 1. The number of rotatable bonds is 2. The topological polar surface area (TPSA) is 52.3 Å². The molecule has 2 aromatic heterocycles. The maximum atomic E-state index is 13.2. The Labute approximate surface area is 157 Å². The van der Waals surface area contributed by atoms with E-state index in [4.69, 9.17) is 16.3 Å². The Morgan fingerprint density at radius 2 is 2.00 bits per heavy atom. The molecule has 5 nitrogen and oxygen atoms in total. The standard InChI is InChI=1S/C18H12ClF3N4O/c1-10-6-12(19)7-11-9-27-17(24-16(10)11)13-8-14(18(20,21)22)25-26(13)15-4-2-3-5-23-15/h2-8H,9H2,1H3. The molecular weight excluding hydrogens is 381 g/mol. The summed E-state index contributed by atoms with van der Waals surface area (Å²) in [6, 6.07) is 9.25. The third kappa shape index (κ3) is 3.28. The molecule has 27 heavy (non-hydrogen) atoms. The first-order valence-electron chi connectivity index (χ1n) is 7.92. The van der Waals surface area contributed by atoms with Gasteiger partial charge in [0, 0.05) is 22.8 Å². The summed E-state index contributed by atoms with van der Waals surface area (Å²) >= 11 is 6.04. The molecule has 3 aromatic rings. The van der Waals surface area contributed by atoms with Crippen LogP contribution in [-0.2, 0) is 17.5 Å². The fraction of sp³-hybridized carbons (Fsp3) is 0.167. The molecule has 1 aliphatic heterocycles. The van der Waals surface area contributed by atoms with Crippen molar-refractivity contribution < 1.29 is 17.9 Å². The quantitative estimate of drug-likeness (QED) is 0.626. The van der Waals surface area contributed by atoms with Crippen LogP contribution in [0, 0.1) is 6.92 Å². The second-order valence-electron chi connectivity index (χ2n) is 5.95. The fourth-order valence-electron chi connectivity index (χ4n) is 2.81. The van der Waals surface area contributed by atoms with Crippen LogP contribution >= 0.6 is 11.6 Å². The molecule has 1 aliphatic rings. The van der Waals surface area contributed by atoms with E-state index in [1.165, 1.54) is 6.20 Å². The van der Waals surface area contributed by atoms with E-state index in [2.05, 4.69) is 15.1 Å². The van der Waals surface area contributed by atoms with E-state index in [1.807, 2.05) is 6.92 Å². The Bertz CT molecular complexity index is 1040. The van der Waals surface area contributed by atoms with E-state index < -0.39 is 11.9 Å². The van der Waals surface area contributed by atoms with Gasteiger partial charge >= 0.3 is 6.18 Å². The Morgan fingerprint density at radius 1 is 1.19 bits per heavy atom. The molecule has 9 heteroatoms. The number of hydrogen-bond acceptors (Lipinski definition) is 4. The maximum Gasteiger partial charge on any atom is 0.435 e. The van der Waals surface area contributed by atoms with Gasteiger partial charge in [-0.15, -0.1) is 0 Å². The van der Waals surface area contributed by atoms with Crippen molar-refractivity contribution in [2.24, 2.45) is 4.99 Å². The fourth-order valence-corrected chi connectivity index (χ4v) is 3.11. The van der Waals surface area contributed by atoms with Crippen LogP contribution in [0.3, 0.4) is 0 Å². The first-order chi connectivity index (χ1) is 12.8. The lowest BCUT2D eigenvalue weighted by molar-refractivity contribution is -0.141. The van der Waals surface area contributed by atoms with E-state index in [-0.39, 0.29) is 24.0 Å². The predicted octanol–water partition coefficient (Wildman–Crippen LogP) is 4.86. The molecule has 0 amide bonds. The molecule has 0 radical (unpaired) electrons. The molecule has 4 rings (SSSR count). The van der Waals surface area contributed by atoms with E-state index >= 15 is 0 Å². The number of alkyl halides is 3. The number of hydrogen-bond donors (Lipinski definition) is 0. The predicted molar refractivity (Wildman–Crippen MR) is 93.5 cm³/mol. The minimum Gasteiger partial charge on any atom is -0.471 e. The zero-order valence-corrected chi connectivity index (χ0v) is 14.7. The molecule has 3 heterocycles. The monoisotopic (exact) mass is 392 g/mol. The molecule has 138 valence electrons. The second kappa shape index (κ2) is 6.38. The molecule has 0 unspecified atom stereocenters. The molecule has 0 saturated carbocycles. The normalized spacial score (nSPS) is 13.7. The first kappa shape index (κ1) is 17.5. The highest BCUT2D eigenvalue weighted by molar-refractivity contribution is 6.30. The van der Waals surface area contributed by atoms with Crippen molar-refractivity contribution in [2.45, 2.75) is 19.7 Å². The van der Waals surface area contributed by atoms with E-state index in [0.717, 1.165) is 21.9 Å². The van der Waals surface area contributed by atoms with Crippen molar-refractivity contribution >= 4 is 23.2 Å². The van der Waals surface area contributed by atoms with Gasteiger partial charge in [-0.1, -0.05) is 17.7 Å². The van der Waals surface area contributed by atoms with E-state index in [0.29, 0.717) is 10.7 Å². The minimum absolute atomic E-state index is 0.0431. The van der Waals surface area contributed by atoms with Gasteiger partial charge in [-0.3, -0.25) is 0 Å². The van der Waals surface area contributed by atoms with Gasteiger partial charge in [-0.2, -0.15) is 18.3 Å². The molecular formula is C18H12ClF3N4O. The molecule has 0 N–H and O–H groups in total. The van der Waals surface area contributed by atoms with Gasteiger partial charge in [-0.25, -0.2) is 14.7 Å². The van der Waals surface area contributed by atoms with Crippen molar-refractivity contribution in [1.29, 1.82) is 0 Å². The van der Waals surface area contributed by atoms with E-state index in [1.54, 1.807) is 30.3 Å². The van der Waals surface area contributed by atoms with Gasteiger partial charge in [0.05, 0.1) is 5.69 Å². The number of ether oxygens (including phenoxy) is 1. The number of aliphatic imine (C=N–C) groups is 1. The van der Waals surface area contributed by atoms with Crippen molar-refractivity contribution in [3.63, 3.8) is 0 Å². The Balaban J connectivity index is 1.88. The smallest absolute Gasteiger partial charge is 0.435 e. The first-order valence-corrected chi connectivity index (χ1v) is 8.30. The highest BCUT2D eigenvalue weighted by Gasteiger charge is 2.36. The summed E-state index contributed by atoms with van der Waals surface area (Å²) in [6.45, 7) is 1.97. The summed E-state index contributed by atoms with van der Waals surface area (Å²) in [5, 5.41) is 4.21. The molecule has 0 bridgehead atoms. The van der Waals surface area contributed by atoms with Gasteiger partial charge < -0.3 is 4.74 Å². The van der Waals surface area contributed by atoms with Gasteiger partial charge in [0.15, 0.2) is 11.5 Å². The number of pyridine rings is 1. The Morgan fingerprint density at radius 3 is 2.70 bits per heavy atom. The number of aryl methyl sites for hydroxylation is 1. The molecule has 0 saturated heterocycles. The van der Waals surface area contributed by atoms with Gasteiger partial charge in [0.2, 0.25) is 5.90 Å². The highest BCUT2D eigenvalue weighted by Crippen LogP contribution is 2.34. The van der Waals surface area contributed by atoms with Crippen LogP contribution < -0.4 is 0 Å². The Hall–Kier alpha value is -2.87. The van der Waals surface area contributed by atoms with Crippen molar-refractivity contribution in [2.75, 3.05) is 0 Å². The number of aromatic nitrogens is 3. The van der Waals surface area contributed by atoms with Crippen LogP contribution in [0.1, 0.15) is 22.5 Å². The average Bonchev–Trinajstić information content (AvgIpc) is 3.08. The van der Waals surface area contributed by atoms with E-state index in [9.17, 15) is 13.2 Å². The molecule has 0 atom stereocenters. The van der Waals surface area contributed by atoms with Crippen LogP contribution in [0.5, 0.6) is 0 Å². The van der Waals surface area contributed by atoms with Crippen LogP contribution in [0.15, 0.2) is 47.6 Å². The number of halogens is 4. The summed E-state index contributed by atoms with van der Waals surface area (Å²) in [6.07, 6.45) is -3.13. The average molecular weight is 393 g/mol. The van der Waals surface area contributed by atoms with Gasteiger partial charge in [0.25, 0.3) is 0 Å². The lowest BCUT2D eigenvalue weighted by Crippen LogP contribution is -2.16. The Kier molecular flexibility index (Phi) is 4.15. The van der Waals surface area contributed by atoms with Crippen LogP contribution in [0.25, 0.3) is 5.82 Å². The largest absolute Gasteiger partial charge is 0.471 e. The van der Waals surface area contributed by atoms with Crippen LogP contribution in [0.4, 0.5) is 18.9 Å². The lowest BCUT2D eigenvalue weighted by Gasteiger charge is -2.19. The number of nitrogens with zero attached hydrogens (tertiary/aromatic N) is 4.